The molecule has 4 aromatic rings. The maximum Gasteiger partial charge on any atom is 0.337 e. The fraction of sp³-hybridized carbons (Fsp3) is 0.382. The summed E-state index contributed by atoms with van der Waals surface area (Å²) < 4.78 is 33.3. The number of carboxylic acid groups (broad SMARTS) is 1. The monoisotopic (exact) mass is 586 g/mol. The normalized spacial score (nSPS) is 15.3. The zero-order valence-electron chi connectivity index (χ0n) is 25.3. The number of aliphatic carboxylic acids is 1. The first-order chi connectivity index (χ1) is 20.4. The van der Waals surface area contributed by atoms with Gasteiger partial charge in [0.15, 0.2) is 29.1 Å². The number of benzene rings is 3. The Morgan fingerprint density at radius 1 is 1.12 bits per heavy atom. The van der Waals surface area contributed by atoms with Crippen LogP contribution in [0.15, 0.2) is 34.7 Å². The van der Waals surface area contributed by atoms with Crippen molar-refractivity contribution in [3.05, 3.63) is 75.4 Å². The lowest BCUT2D eigenvalue weighted by Gasteiger charge is -2.30. The summed E-state index contributed by atoms with van der Waals surface area (Å²) in [5, 5.41) is 10.4. The number of rotatable bonds is 5. The van der Waals surface area contributed by atoms with Gasteiger partial charge in [-0.15, -0.1) is 0 Å². The average Bonchev–Trinajstić information content (AvgIpc) is 3.54. The summed E-state index contributed by atoms with van der Waals surface area (Å²) in [6, 6.07) is 8.58. The number of aryl methyl sites for hydroxylation is 2. The minimum atomic E-state index is -1.31. The topological polar surface area (TPSA) is 102 Å². The number of para-hydroxylation sites is 1. The summed E-state index contributed by atoms with van der Waals surface area (Å²) in [6.07, 6.45) is 0.549. The lowest BCUT2D eigenvalue weighted by Crippen LogP contribution is -2.30. The molecule has 0 saturated carbocycles. The van der Waals surface area contributed by atoms with Gasteiger partial charge in [0.25, 0.3) is 5.91 Å². The van der Waals surface area contributed by atoms with E-state index < -0.39 is 23.5 Å². The first-order valence-corrected chi connectivity index (χ1v) is 14.6. The third kappa shape index (κ3) is 4.95. The minimum absolute atomic E-state index is 0.249. The number of hydrogen-bond donors (Lipinski definition) is 1. The number of fused-ring (bicyclic) bond motifs is 3. The van der Waals surface area contributed by atoms with Crippen LogP contribution in [-0.4, -0.2) is 40.7 Å². The number of hydrogen-bond acceptors (Lipinski definition) is 6. The molecule has 2 aliphatic heterocycles. The van der Waals surface area contributed by atoms with E-state index in [4.69, 9.17) is 13.9 Å². The van der Waals surface area contributed by atoms with Gasteiger partial charge >= 0.3 is 5.97 Å². The molecule has 6 rings (SSSR count). The Kier molecular flexibility index (Phi) is 7.04. The molecule has 8 nitrogen and oxygen atoms in total. The average molecular weight is 587 g/mol. The number of aromatic nitrogens is 1. The van der Waals surface area contributed by atoms with E-state index in [0.29, 0.717) is 76.5 Å². The number of carboxylic acids is 1. The van der Waals surface area contributed by atoms with Crippen molar-refractivity contribution in [2.45, 2.75) is 72.5 Å². The Bertz CT molecular complexity index is 1800. The van der Waals surface area contributed by atoms with Crippen LogP contribution in [0.25, 0.3) is 22.2 Å². The highest BCUT2D eigenvalue weighted by molar-refractivity contribution is 6.13. The zero-order chi connectivity index (χ0) is 30.8. The predicted molar refractivity (Wildman–Crippen MR) is 160 cm³/mol. The first kappa shape index (κ1) is 28.9. The molecule has 3 aromatic carbocycles. The highest BCUT2D eigenvalue weighted by atomic mass is 19.1. The van der Waals surface area contributed by atoms with Gasteiger partial charge in [-0.05, 0) is 106 Å². The van der Waals surface area contributed by atoms with Gasteiger partial charge in [-0.25, -0.2) is 14.2 Å². The van der Waals surface area contributed by atoms with Crippen LogP contribution in [0.4, 0.5) is 10.1 Å². The Morgan fingerprint density at radius 3 is 2.60 bits per heavy atom. The quantitative estimate of drug-likeness (QED) is 0.268. The number of carbonyl (C=O) groups is 2. The molecular weight excluding hydrogens is 551 g/mol. The van der Waals surface area contributed by atoms with E-state index in [1.165, 1.54) is 6.07 Å². The number of anilines is 1. The number of nitrogens with zero attached hydrogens (tertiary/aromatic N) is 2. The van der Waals surface area contributed by atoms with Gasteiger partial charge in [-0.2, -0.15) is 0 Å². The Hall–Kier alpha value is -4.24. The molecule has 0 fully saturated rings. The molecule has 224 valence electrons. The maximum atomic E-state index is 15.6. The van der Waals surface area contributed by atoms with Crippen molar-refractivity contribution in [3.8, 4) is 16.9 Å². The summed E-state index contributed by atoms with van der Waals surface area (Å²) in [5.41, 5.74) is 5.96. The molecule has 0 saturated heterocycles. The van der Waals surface area contributed by atoms with Crippen molar-refractivity contribution in [2.24, 2.45) is 0 Å². The second-order valence-corrected chi connectivity index (χ2v) is 12.3. The standard InChI is InChI=1S/C34H35FN2O6/c1-17-15-26-21(12-13-37(26)32(38)22-9-7-11-25-30(22)42-19(3)36-25)28(27(17)31(33(39)40)43-34(4,5)6)23-16-24(35)29-20(18(23)2)10-8-14-41-29/h7,9,11,15-16,31H,8,10,12-14H2,1-6H3,(H,39,40)/t31-/m0/s1. The number of amides is 1. The molecular formula is C34H35FN2O6. The number of ether oxygens (including phenoxy) is 2. The minimum Gasteiger partial charge on any atom is -0.490 e. The number of carbonyl (C=O) groups excluding carboxylic acids is 1. The van der Waals surface area contributed by atoms with Gasteiger partial charge in [0, 0.05) is 30.3 Å². The lowest BCUT2D eigenvalue weighted by molar-refractivity contribution is -0.160. The van der Waals surface area contributed by atoms with Crippen LogP contribution in [0.5, 0.6) is 5.75 Å². The van der Waals surface area contributed by atoms with Gasteiger partial charge in [0.2, 0.25) is 0 Å². The molecule has 9 heteroatoms. The largest absolute Gasteiger partial charge is 0.490 e. The van der Waals surface area contributed by atoms with Crippen molar-refractivity contribution in [3.63, 3.8) is 0 Å². The third-order valence-electron chi connectivity index (χ3n) is 8.20. The molecule has 0 radical (unpaired) electrons. The Morgan fingerprint density at radius 2 is 1.88 bits per heavy atom. The molecule has 1 amide bonds. The van der Waals surface area contributed by atoms with Gasteiger partial charge in [0.1, 0.15) is 5.52 Å². The van der Waals surface area contributed by atoms with E-state index in [2.05, 4.69) is 4.98 Å². The Labute approximate surface area is 249 Å². The van der Waals surface area contributed by atoms with Crippen molar-refractivity contribution in [1.82, 2.24) is 4.98 Å². The van der Waals surface area contributed by atoms with Crippen LogP contribution in [0.2, 0.25) is 0 Å². The summed E-state index contributed by atoms with van der Waals surface area (Å²) in [4.78, 5) is 32.9. The predicted octanol–water partition coefficient (Wildman–Crippen LogP) is 7.03. The molecule has 0 spiro atoms. The summed E-state index contributed by atoms with van der Waals surface area (Å²) >= 11 is 0. The fourth-order valence-electron chi connectivity index (χ4n) is 6.43. The van der Waals surface area contributed by atoms with Crippen molar-refractivity contribution < 1.29 is 33.0 Å². The van der Waals surface area contributed by atoms with Crippen LogP contribution in [0, 0.1) is 26.6 Å². The van der Waals surface area contributed by atoms with Gasteiger partial charge in [0.05, 0.1) is 17.8 Å². The van der Waals surface area contributed by atoms with Crippen LogP contribution in [0.1, 0.15) is 77.4 Å². The first-order valence-electron chi connectivity index (χ1n) is 14.6. The maximum absolute atomic E-state index is 15.6. The van der Waals surface area contributed by atoms with E-state index in [-0.39, 0.29) is 11.7 Å². The highest BCUT2D eigenvalue weighted by Crippen LogP contribution is 2.48. The van der Waals surface area contributed by atoms with Gasteiger partial charge in [-0.1, -0.05) is 6.07 Å². The molecule has 1 aromatic heterocycles. The highest BCUT2D eigenvalue weighted by Gasteiger charge is 2.37. The molecule has 3 heterocycles. The summed E-state index contributed by atoms with van der Waals surface area (Å²) in [6.45, 7) is 11.7. The van der Waals surface area contributed by atoms with Crippen molar-refractivity contribution in [2.75, 3.05) is 18.1 Å². The number of halogens is 1. The summed E-state index contributed by atoms with van der Waals surface area (Å²) in [5.74, 6) is -1.16. The Balaban J connectivity index is 1.59. The smallest absolute Gasteiger partial charge is 0.337 e. The molecule has 1 atom stereocenters. The van der Waals surface area contributed by atoms with Crippen LogP contribution in [0.3, 0.4) is 0 Å². The molecule has 0 unspecified atom stereocenters. The van der Waals surface area contributed by atoms with E-state index in [9.17, 15) is 14.7 Å². The molecule has 1 N–H and O–H groups in total. The number of oxazole rings is 1. The third-order valence-corrected chi connectivity index (χ3v) is 8.20. The van der Waals surface area contributed by atoms with E-state index in [0.717, 1.165) is 23.1 Å². The molecule has 0 aliphatic carbocycles. The SMILES string of the molecule is Cc1nc2cccc(C(=O)N3CCc4c3cc(C)c([C@H](OC(C)(C)C)C(=O)O)c4-c3cc(F)c4c(c3C)CCCO4)c2o1. The molecule has 0 bridgehead atoms. The zero-order valence-corrected chi connectivity index (χ0v) is 25.3. The fourth-order valence-corrected chi connectivity index (χ4v) is 6.43. The van der Waals surface area contributed by atoms with Crippen LogP contribution in [-0.2, 0) is 22.4 Å². The molecule has 2 aliphatic rings. The van der Waals surface area contributed by atoms with Crippen LogP contribution < -0.4 is 9.64 Å². The lowest BCUT2D eigenvalue weighted by atomic mass is 9.83. The van der Waals surface area contributed by atoms with E-state index in [1.807, 2.05) is 19.9 Å². The van der Waals surface area contributed by atoms with Crippen LogP contribution >= 0.6 is 0 Å². The van der Waals surface area contributed by atoms with Gasteiger partial charge in [-0.3, -0.25) is 4.79 Å². The van der Waals surface area contributed by atoms with E-state index in [1.54, 1.807) is 50.8 Å². The second kappa shape index (κ2) is 10.5. The summed E-state index contributed by atoms with van der Waals surface area (Å²) in [7, 11) is 0. The van der Waals surface area contributed by atoms with E-state index >= 15 is 4.39 Å². The van der Waals surface area contributed by atoms with Gasteiger partial charge < -0.3 is 23.9 Å². The molecule has 43 heavy (non-hydrogen) atoms. The van der Waals surface area contributed by atoms with Crippen molar-refractivity contribution >= 4 is 28.7 Å². The van der Waals surface area contributed by atoms with Crippen molar-refractivity contribution in [1.29, 1.82) is 0 Å². The second-order valence-electron chi connectivity index (χ2n) is 12.3.